The number of sulfone groups is 1. The van der Waals surface area contributed by atoms with Crippen molar-refractivity contribution in [3.8, 4) is 16.9 Å². The molecule has 0 aromatic heterocycles. The van der Waals surface area contributed by atoms with Crippen molar-refractivity contribution in [2.45, 2.75) is 76.2 Å². The van der Waals surface area contributed by atoms with Gasteiger partial charge in [0.1, 0.15) is 36.8 Å². The van der Waals surface area contributed by atoms with E-state index in [1.165, 1.54) is 6.26 Å². The summed E-state index contributed by atoms with van der Waals surface area (Å²) in [6, 6.07) is 43.7. The third-order valence-corrected chi connectivity index (χ3v) is 10.3. The summed E-state index contributed by atoms with van der Waals surface area (Å²) in [5.41, 5.74) is 3.87. The van der Waals surface area contributed by atoms with Crippen molar-refractivity contribution in [3.05, 3.63) is 156 Å². The molecule has 1 saturated heterocycles. The number of hydrogen-bond donors (Lipinski definition) is 0. The monoisotopic (exact) mass is 764 g/mol. The van der Waals surface area contributed by atoms with Crippen LogP contribution in [0.4, 0.5) is 0 Å². The molecule has 1 fully saturated rings. The average Bonchev–Trinajstić information content (AvgIpc) is 3.19. The molecule has 6 rings (SSSR count). The first-order valence-corrected chi connectivity index (χ1v) is 20.2. The van der Waals surface area contributed by atoms with Gasteiger partial charge in [-0.2, -0.15) is 0 Å². The maximum Gasteiger partial charge on any atom is 0.311 e. The van der Waals surface area contributed by atoms with Crippen LogP contribution in [0.15, 0.2) is 144 Å². The van der Waals surface area contributed by atoms with Crippen LogP contribution in [0, 0.1) is 5.41 Å². The highest BCUT2D eigenvalue weighted by Crippen LogP contribution is 2.33. The van der Waals surface area contributed by atoms with E-state index in [0.29, 0.717) is 5.75 Å². The number of esters is 1. The highest BCUT2D eigenvalue weighted by Gasteiger charge is 2.50. The van der Waals surface area contributed by atoms with Crippen LogP contribution in [0.5, 0.6) is 5.75 Å². The predicted octanol–water partition coefficient (Wildman–Crippen LogP) is 8.21. The molecule has 1 aliphatic heterocycles. The fourth-order valence-corrected chi connectivity index (χ4v) is 6.73. The van der Waals surface area contributed by atoms with Gasteiger partial charge in [0.25, 0.3) is 0 Å². The van der Waals surface area contributed by atoms with Gasteiger partial charge in [0.15, 0.2) is 9.84 Å². The molecule has 9 nitrogen and oxygen atoms in total. The van der Waals surface area contributed by atoms with Crippen LogP contribution in [-0.4, -0.2) is 58.0 Å². The molecule has 0 bridgehead atoms. The highest BCUT2D eigenvalue weighted by molar-refractivity contribution is 7.90. The van der Waals surface area contributed by atoms with Crippen molar-refractivity contribution >= 4 is 15.8 Å². The topological polar surface area (TPSA) is 107 Å². The minimum Gasteiger partial charge on any atom is -0.462 e. The van der Waals surface area contributed by atoms with E-state index in [1.807, 2.05) is 115 Å². The van der Waals surface area contributed by atoms with Gasteiger partial charge in [-0.1, -0.05) is 115 Å². The summed E-state index contributed by atoms with van der Waals surface area (Å²) in [5.74, 6) is 0.130. The van der Waals surface area contributed by atoms with E-state index in [9.17, 15) is 13.2 Å². The number of ether oxygens (including phenoxy) is 6. The summed E-state index contributed by atoms with van der Waals surface area (Å²) in [5, 5.41) is 0. The first-order valence-electron chi connectivity index (χ1n) is 18.3. The Bertz CT molecular complexity index is 2050. The largest absolute Gasteiger partial charge is 0.462 e. The minimum atomic E-state index is -3.31. The van der Waals surface area contributed by atoms with Gasteiger partial charge < -0.3 is 28.4 Å². The zero-order chi connectivity index (χ0) is 38.8. The molecule has 1 aliphatic rings. The lowest BCUT2D eigenvalue weighted by molar-refractivity contribution is -0.308. The van der Waals surface area contributed by atoms with Gasteiger partial charge in [0, 0.05) is 6.26 Å². The van der Waals surface area contributed by atoms with Gasteiger partial charge in [0.2, 0.25) is 6.29 Å². The van der Waals surface area contributed by atoms with Gasteiger partial charge >= 0.3 is 5.97 Å². The molecule has 5 aromatic rings. The second-order valence-electron chi connectivity index (χ2n) is 14.6. The molecule has 10 heteroatoms. The van der Waals surface area contributed by atoms with E-state index in [-0.39, 0.29) is 37.3 Å². The van der Waals surface area contributed by atoms with Gasteiger partial charge in [-0.25, -0.2) is 8.42 Å². The zero-order valence-electron chi connectivity index (χ0n) is 31.6. The van der Waals surface area contributed by atoms with Gasteiger partial charge in [0.05, 0.1) is 30.1 Å². The first-order chi connectivity index (χ1) is 26.4. The number of carbonyl (C=O) groups is 1. The fourth-order valence-electron chi connectivity index (χ4n) is 6.10. The minimum absolute atomic E-state index is 0.103. The Balaban J connectivity index is 1.33. The van der Waals surface area contributed by atoms with Crippen molar-refractivity contribution in [3.63, 3.8) is 0 Å². The second-order valence-corrected chi connectivity index (χ2v) is 16.6. The lowest BCUT2D eigenvalue weighted by atomic mass is 9.96. The van der Waals surface area contributed by atoms with Crippen LogP contribution >= 0.6 is 0 Å². The molecule has 0 amide bonds. The molecule has 0 N–H and O–H groups in total. The van der Waals surface area contributed by atoms with Gasteiger partial charge in [-0.15, -0.1) is 0 Å². The average molecular weight is 765 g/mol. The van der Waals surface area contributed by atoms with Crippen molar-refractivity contribution in [2.75, 3.05) is 12.9 Å². The van der Waals surface area contributed by atoms with E-state index < -0.39 is 46.0 Å². The quantitative estimate of drug-likeness (QED) is 0.0976. The summed E-state index contributed by atoms with van der Waals surface area (Å²) in [6.07, 6.45) is -2.84. The van der Waals surface area contributed by atoms with Crippen LogP contribution in [0.25, 0.3) is 11.1 Å². The molecule has 0 radical (unpaired) electrons. The van der Waals surface area contributed by atoms with E-state index in [2.05, 4.69) is 0 Å². The molecular formula is C45H48O9S. The Morgan fingerprint density at radius 2 is 1.04 bits per heavy atom. The maximum atomic E-state index is 13.1. The van der Waals surface area contributed by atoms with Crippen LogP contribution < -0.4 is 4.74 Å². The van der Waals surface area contributed by atoms with Crippen molar-refractivity contribution < 1.29 is 41.6 Å². The molecule has 0 aliphatic carbocycles. The summed E-state index contributed by atoms with van der Waals surface area (Å²) in [6.45, 7) is 6.06. The Labute approximate surface area is 324 Å². The third-order valence-electron chi connectivity index (χ3n) is 9.16. The van der Waals surface area contributed by atoms with Crippen LogP contribution in [0.1, 0.15) is 37.5 Å². The summed E-state index contributed by atoms with van der Waals surface area (Å²) in [4.78, 5) is 13.3. The Kier molecular flexibility index (Phi) is 13.2. The summed E-state index contributed by atoms with van der Waals surface area (Å²) >= 11 is 0. The van der Waals surface area contributed by atoms with Crippen molar-refractivity contribution in [2.24, 2.45) is 5.41 Å². The normalized spacial score (nSPS) is 20.1. The SMILES string of the molecule is CC(C)(C)C(=O)OC[C@H]1O[C@H](Oc2ccc(-c3ccc(S(C)(=O)=O)cc3)cc2)[C@@H](OCc2ccccc2)[C@@H](OCc2ccccc2)[C@@H]1OCc1ccccc1. The second kappa shape index (κ2) is 18.2. The highest BCUT2D eigenvalue weighted by atomic mass is 32.2. The Hall–Kier alpha value is -4.84. The molecule has 0 saturated carbocycles. The molecule has 5 aromatic carbocycles. The van der Waals surface area contributed by atoms with Crippen LogP contribution in [-0.2, 0) is 58.1 Å². The molecule has 55 heavy (non-hydrogen) atoms. The van der Waals surface area contributed by atoms with Crippen molar-refractivity contribution in [1.29, 1.82) is 0 Å². The molecule has 0 unspecified atom stereocenters. The summed E-state index contributed by atoms with van der Waals surface area (Å²) < 4.78 is 63.3. The van der Waals surface area contributed by atoms with E-state index >= 15 is 0 Å². The molecule has 1 heterocycles. The zero-order valence-corrected chi connectivity index (χ0v) is 32.4. The standard InChI is InChI=1S/C45H48O9S/c1-45(2,3)44(46)52-31-39-40(49-28-32-14-8-5-9-15-32)41(50-29-33-16-10-6-11-17-33)42(51-30-34-18-12-7-13-19-34)43(54-39)53-37-24-20-35(21-25-37)36-22-26-38(27-23-36)55(4,47)48/h5-27,39-43H,28-31H2,1-4H3/t39-,40-,41+,42+,43+/m1/s1. The van der Waals surface area contributed by atoms with Crippen LogP contribution in [0.3, 0.4) is 0 Å². The molecule has 5 atom stereocenters. The number of hydrogen-bond acceptors (Lipinski definition) is 9. The smallest absolute Gasteiger partial charge is 0.311 e. The van der Waals surface area contributed by atoms with Crippen LogP contribution in [0.2, 0.25) is 0 Å². The predicted molar refractivity (Wildman–Crippen MR) is 210 cm³/mol. The lowest BCUT2D eigenvalue weighted by Gasteiger charge is -2.45. The third kappa shape index (κ3) is 11.1. The molecule has 0 spiro atoms. The maximum absolute atomic E-state index is 13.1. The number of rotatable bonds is 15. The Morgan fingerprint density at radius 1 is 0.600 bits per heavy atom. The molecular weight excluding hydrogens is 717 g/mol. The fraction of sp³-hybridized carbons (Fsp3) is 0.311. The number of benzene rings is 5. The summed E-state index contributed by atoms with van der Waals surface area (Å²) in [7, 11) is -3.31. The van der Waals surface area contributed by atoms with E-state index in [1.54, 1.807) is 45.0 Å². The Morgan fingerprint density at radius 3 is 1.49 bits per heavy atom. The van der Waals surface area contributed by atoms with Crippen molar-refractivity contribution in [1.82, 2.24) is 0 Å². The van der Waals surface area contributed by atoms with E-state index in [0.717, 1.165) is 27.8 Å². The first kappa shape index (κ1) is 39.8. The lowest BCUT2D eigenvalue weighted by Crippen LogP contribution is -2.62. The van der Waals surface area contributed by atoms with Gasteiger partial charge in [-0.05, 0) is 72.9 Å². The number of carbonyl (C=O) groups excluding carboxylic acids is 1. The van der Waals surface area contributed by atoms with E-state index in [4.69, 9.17) is 28.4 Å². The molecule has 288 valence electrons. The van der Waals surface area contributed by atoms with Gasteiger partial charge in [-0.3, -0.25) is 4.79 Å².